The number of anilines is 1. The first-order chi connectivity index (χ1) is 9.10. The lowest BCUT2D eigenvalue weighted by Gasteiger charge is -2.05. The minimum absolute atomic E-state index is 0.121. The standard InChI is InChI=1S/C12H13BrFN3OS/c1-7(18-2)11-16-12(19-17-11)15-6-8-3-4-9(14)5-10(8)13/h3-5,7H,6H2,1-2H3,(H,15,16,17)/t7-/m0/s1. The van der Waals surface area contributed by atoms with E-state index < -0.39 is 0 Å². The van der Waals surface area contributed by atoms with E-state index in [0.717, 1.165) is 15.2 Å². The van der Waals surface area contributed by atoms with E-state index in [2.05, 4.69) is 30.6 Å². The number of hydrogen-bond donors (Lipinski definition) is 1. The Balaban J connectivity index is 2.00. The van der Waals surface area contributed by atoms with E-state index in [1.807, 2.05) is 6.92 Å². The van der Waals surface area contributed by atoms with Gasteiger partial charge in [0.1, 0.15) is 11.9 Å². The van der Waals surface area contributed by atoms with Crippen LogP contribution in [-0.4, -0.2) is 16.5 Å². The second-order valence-electron chi connectivity index (χ2n) is 3.92. The van der Waals surface area contributed by atoms with Crippen LogP contribution in [0.5, 0.6) is 0 Å². The quantitative estimate of drug-likeness (QED) is 0.896. The van der Waals surface area contributed by atoms with Crippen molar-refractivity contribution in [1.29, 1.82) is 0 Å². The van der Waals surface area contributed by atoms with Crippen LogP contribution in [0, 0.1) is 5.82 Å². The van der Waals surface area contributed by atoms with Gasteiger partial charge in [-0.3, -0.25) is 0 Å². The molecule has 0 amide bonds. The van der Waals surface area contributed by atoms with Crippen molar-refractivity contribution in [3.8, 4) is 0 Å². The maximum absolute atomic E-state index is 13.0. The van der Waals surface area contributed by atoms with Gasteiger partial charge in [0.05, 0.1) is 0 Å². The van der Waals surface area contributed by atoms with Crippen molar-refractivity contribution in [2.45, 2.75) is 19.6 Å². The van der Waals surface area contributed by atoms with Crippen molar-refractivity contribution in [1.82, 2.24) is 9.36 Å². The van der Waals surface area contributed by atoms with Gasteiger partial charge in [-0.05, 0) is 24.6 Å². The zero-order valence-electron chi connectivity index (χ0n) is 10.5. The van der Waals surface area contributed by atoms with E-state index in [4.69, 9.17) is 4.74 Å². The van der Waals surface area contributed by atoms with Crippen molar-refractivity contribution in [2.24, 2.45) is 0 Å². The average Bonchev–Trinajstić information content (AvgIpc) is 2.85. The van der Waals surface area contributed by atoms with E-state index in [1.54, 1.807) is 13.2 Å². The molecule has 2 rings (SSSR count). The summed E-state index contributed by atoms with van der Waals surface area (Å²) < 4.78 is 23.0. The van der Waals surface area contributed by atoms with Gasteiger partial charge in [0.25, 0.3) is 0 Å². The first kappa shape index (κ1) is 14.4. The van der Waals surface area contributed by atoms with E-state index in [0.29, 0.717) is 12.4 Å². The van der Waals surface area contributed by atoms with Gasteiger partial charge in [-0.15, -0.1) is 0 Å². The summed E-state index contributed by atoms with van der Waals surface area (Å²) in [7, 11) is 1.62. The zero-order valence-corrected chi connectivity index (χ0v) is 12.9. The fourth-order valence-corrected chi connectivity index (χ4v) is 2.54. The fourth-order valence-electron chi connectivity index (χ4n) is 1.41. The van der Waals surface area contributed by atoms with E-state index >= 15 is 0 Å². The summed E-state index contributed by atoms with van der Waals surface area (Å²) in [6.45, 7) is 2.44. The topological polar surface area (TPSA) is 47.0 Å². The van der Waals surface area contributed by atoms with Crippen LogP contribution in [-0.2, 0) is 11.3 Å². The Morgan fingerprint density at radius 3 is 3.00 bits per heavy atom. The number of rotatable bonds is 5. The number of benzene rings is 1. The molecule has 1 aromatic carbocycles. The molecule has 1 aromatic heterocycles. The highest BCUT2D eigenvalue weighted by Gasteiger charge is 2.11. The highest BCUT2D eigenvalue weighted by Crippen LogP contribution is 2.22. The first-order valence-corrected chi connectivity index (χ1v) is 7.21. The van der Waals surface area contributed by atoms with Crippen LogP contribution in [0.1, 0.15) is 24.4 Å². The average molecular weight is 346 g/mol. The number of nitrogens with one attached hydrogen (secondary N) is 1. The van der Waals surface area contributed by atoms with Gasteiger partial charge in [-0.2, -0.15) is 4.37 Å². The van der Waals surface area contributed by atoms with Gasteiger partial charge >= 0.3 is 0 Å². The summed E-state index contributed by atoms with van der Waals surface area (Å²) in [5, 5.41) is 3.88. The Labute approximate surface area is 123 Å². The van der Waals surface area contributed by atoms with Gasteiger partial charge in [0, 0.05) is 29.7 Å². The van der Waals surface area contributed by atoms with Gasteiger partial charge in [0.2, 0.25) is 5.13 Å². The normalized spacial score (nSPS) is 12.4. The number of nitrogens with zero attached hydrogens (tertiary/aromatic N) is 2. The molecule has 0 fully saturated rings. The zero-order chi connectivity index (χ0) is 13.8. The van der Waals surface area contributed by atoms with Gasteiger partial charge in [-0.1, -0.05) is 22.0 Å². The third-order valence-corrected chi connectivity index (χ3v) is 4.03. The minimum Gasteiger partial charge on any atom is -0.374 e. The molecule has 102 valence electrons. The molecule has 1 atom stereocenters. The molecule has 4 nitrogen and oxygen atoms in total. The van der Waals surface area contributed by atoms with Crippen molar-refractivity contribution in [3.63, 3.8) is 0 Å². The molecule has 7 heteroatoms. The lowest BCUT2D eigenvalue weighted by molar-refractivity contribution is 0.113. The second kappa shape index (κ2) is 6.40. The summed E-state index contributed by atoms with van der Waals surface area (Å²) in [6.07, 6.45) is -0.121. The summed E-state index contributed by atoms with van der Waals surface area (Å²) in [5.41, 5.74) is 0.956. The molecule has 0 bridgehead atoms. The summed E-state index contributed by atoms with van der Waals surface area (Å²) in [4.78, 5) is 4.33. The number of halogens is 2. The first-order valence-electron chi connectivity index (χ1n) is 5.64. The molecule has 0 saturated heterocycles. The number of ether oxygens (including phenoxy) is 1. The molecule has 0 aliphatic rings. The largest absolute Gasteiger partial charge is 0.374 e. The summed E-state index contributed by atoms with van der Waals surface area (Å²) in [5.74, 6) is 0.399. The fraction of sp³-hybridized carbons (Fsp3) is 0.333. The second-order valence-corrected chi connectivity index (χ2v) is 5.53. The number of methoxy groups -OCH3 is 1. The van der Waals surface area contributed by atoms with Crippen molar-refractivity contribution < 1.29 is 9.13 Å². The van der Waals surface area contributed by atoms with E-state index in [1.165, 1.54) is 23.7 Å². The van der Waals surface area contributed by atoms with Crippen LogP contribution in [0.2, 0.25) is 0 Å². The number of hydrogen-bond acceptors (Lipinski definition) is 5. The molecule has 19 heavy (non-hydrogen) atoms. The highest BCUT2D eigenvalue weighted by molar-refractivity contribution is 9.10. The van der Waals surface area contributed by atoms with Crippen molar-refractivity contribution in [2.75, 3.05) is 12.4 Å². The predicted molar refractivity (Wildman–Crippen MR) is 76.8 cm³/mol. The van der Waals surface area contributed by atoms with Crippen LogP contribution >= 0.6 is 27.5 Å². The van der Waals surface area contributed by atoms with Crippen LogP contribution in [0.15, 0.2) is 22.7 Å². The Kier molecular flexibility index (Phi) is 4.84. The Morgan fingerprint density at radius 2 is 2.32 bits per heavy atom. The van der Waals surface area contributed by atoms with Gasteiger partial charge < -0.3 is 10.1 Å². The number of aromatic nitrogens is 2. The van der Waals surface area contributed by atoms with E-state index in [9.17, 15) is 4.39 Å². The molecular weight excluding hydrogens is 333 g/mol. The van der Waals surface area contributed by atoms with Crippen LogP contribution < -0.4 is 5.32 Å². The molecule has 0 unspecified atom stereocenters. The SMILES string of the molecule is CO[C@@H](C)c1nsc(NCc2ccc(F)cc2Br)n1. The molecule has 2 aromatic rings. The Bertz CT molecular complexity index is 564. The smallest absolute Gasteiger partial charge is 0.202 e. The Morgan fingerprint density at radius 1 is 1.53 bits per heavy atom. The monoisotopic (exact) mass is 345 g/mol. The van der Waals surface area contributed by atoms with E-state index in [-0.39, 0.29) is 11.9 Å². The third kappa shape index (κ3) is 3.71. The molecule has 1 heterocycles. The summed E-state index contributed by atoms with van der Waals surface area (Å²) >= 11 is 4.61. The van der Waals surface area contributed by atoms with Crippen LogP contribution in [0.3, 0.4) is 0 Å². The van der Waals surface area contributed by atoms with Crippen molar-refractivity contribution >= 4 is 32.6 Å². The molecule has 0 aliphatic heterocycles. The predicted octanol–water partition coefficient (Wildman–Crippen LogP) is 3.76. The molecule has 0 spiro atoms. The maximum atomic E-state index is 13.0. The maximum Gasteiger partial charge on any atom is 0.202 e. The lowest BCUT2D eigenvalue weighted by Crippen LogP contribution is -2.02. The van der Waals surface area contributed by atoms with Crippen LogP contribution in [0.4, 0.5) is 9.52 Å². The summed E-state index contributed by atoms with van der Waals surface area (Å²) in [6, 6.07) is 4.60. The van der Waals surface area contributed by atoms with Gasteiger partial charge in [0.15, 0.2) is 5.82 Å². The molecular formula is C12H13BrFN3OS. The molecule has 0 radical (unpaired) electrons. The highest BCUT2D eigenvalue weighted by atomic mass is 79.9. The van der Waals surface area contributed by atoms with Gasteiger partial charge in [-0.25, -0.2) is 9.37 Å². The molecule has 0 aliphatic carbocycles. The lowest BCUT2D eigenvalue weighted by atomic mass is 10.2. The minimum atomic E-state index is -0.261. The van der Waals surface area contributed by atoms with Crippen molar-refractivity contribution in [3.05, 3.63) is 39.9 Å². The molecule has 0 saturated carbocycles. The molecule has 1 N–H and O–H groups in total. The third-order valence-electron chi connectivity index (χ3n) is 2.60. The van der Waals surface area contributed by atoms with Crippen LogP contribution in [0.25, 0.3) is 0 Å². The Hall–Kier alpha value is -1.05.